The predicted molar refractivity (Wildman–Crippen MR) is 68.4 cm³/mol. The number of carboxylic acids is 1. The zero-order valence-electron chi connectivity index (χ0n) is 10.3. The first kappa shape index (κ1) is 14.6. The summed E-state index contributed by atoms with van der Waals surface area (Å²) in [6.07, 6.45) is 3.36. The van der Waals surface area contributed by atoms with E-state index in [-0.39, 0.29) is 26.7 Å². The van der Waals surface area contributed by atoms with E-state index in [4.69, 9.17) is 10.6 Å². The first-order chi connectivity index (χ1) is 8.45. The number of carbonyl (C=O) groups excluding carboxylic acids is 1. The van der Waals surface area contributed by atoms with Crippen LogP contribution in [0.1, 0.15) is 12.6 Å². The molecule has 0 aliphatic rings. The molecule has 0 aliphatic carbocycles. The molecule has 1 amide bonds. The van der Waals surface area contributed by atoms with Gasteiger partial charge >= 0.3 is 5.97 Å². The van der Waals surface area contributed by atoms with Crippen LogP contribution < -0.4 is 10.8 Å². The highest BCUT2D eigenvalue weighted by Crippen LogP contribution is 2.09. The first-order valence-corrected chi connectivity index (χ1v) is 6.55. The number of carboxylic acid groups (broad SMARTS) is 1. The van der Waals surface area contributed by atoms with Crippen molar-refractivity contribution in [3.8, 4) is 0 Å². The third-order valence-corrected chi connectivity index (χ3v) is 3.35. The van der Waals surface area contributed by atoms with Gasteiger partial charge in [0.25, 0.3) is 0 Å². The number of rotatable bonds is 6. The Balaban J connectivity index is 2.70. The zero-order valence-corrected chi connectivity index (χ0v) is 11.3. The van der Waals surface area contributed by atoms with Gasteiger partial charge in [0.05, 0.1) is 12.0 Å². The Bertz CT molecular complexity index is 435. The van der Waals surface area contributed by atoms with E-state index in [2.05, 4.69) is 10.3 Å². The van der Waals surface area contributed by atoms with Gasteiger partial charge in [0.2, 0.25) is 5.91 Å². The van der Waals surface area contributed by atoms with Crippen LogP contribution in [0.5, 0.6) is 0 Å². The number of aromatic nitrogens is 2. The standard InChI is InChI=1S/C10H17N4O3P/c1-6(18-11)9(15)13-8(10(16)17)3-7-4-12-5-14(7)2/h4-6,8,18H,3,11H2,1-2H3,(H,13,15)(H,16,17). The quantitative estimate of drug-likeness (QED) is 0.603. The Kier molecular flexibility index (Phi) is 5.25. The Labute approximate surface area is 107 Å². The summed E-state index contributed by atoms with van der Waals surface area (Å²) < 4.78 is 1.72. The van der Waals surface area contributed by atoms with Crippen LogP contribution in [0.4, 0.5) is 0 Å². The summed E-state index contributed by atoms with van der Waals surface area (Å²) in [6, 6.07) is -0.966. The van der Waals surface area contributed by atoms with Gasteiger partial charge in [-0.15, -0.1) is 0 Å². The van der Waals surface area contributed by atoms with Crippen LogP contribution in [0.3, 0.4) is 0 Å². The van der Waals surface area contributed by atoms with E-state index in [9.17, 15) is 9.59 Å². The molecule has 0 aliphatic heterocycles. The van der Waals surface area contributed by atoms with Crippen molar-refractivity contribution < 1.29 is 14.7 Å². The normalized spacial score (nSPS) is 14.6. The van der Waals surface area contributed by atoms with E-state index in [1.54, 1.807) is 31.1 Å². The average Bonchev–Trinajstić information content (AvgIpc) is 2.72. The van der Waals surface area contributed by atoms with Crippen LogP contribution in [-0.2, 0) is 23.1 Å². The Morgan fingerprint density at radius 3 is 2.78 bits per heavy atom. The maximum absolute atomic E-state index is 11.6. The maximum atomic E-state index is 11.6. The minimum absolute atomic E-state index is 0.0458. The molecular formula is C10H17N4O3P. The average molecular weight is 272 g/mol. The van der Waals surface area contributed by atoms with Gasteiger partial charge in [-0.25, -0.2) is 9.78 Å². The second-order valence-electron chi connectivity index (χ2n) is 3.99. The van der Waals surface area contributed by atoms with Gasteiger partial charge in [-0.05, 0) is 15.7 Å². The van der Waals surface area contributed by atoms with Crippen LogP contribution in [-0.4, -0.2) is 38.2 Å². The monoisotopic (exact) mass is 272 g/mol. The summed E-state index contributed by atoms with van der Waals surface area (Å²) in [5, 5.41) is 11.6. The summed E-state index contributed by atoms with van der Waals surface area (Å²) in [6.45, 7) is 1.66. The number of hydrogen-bond donors (Lipinski definition) is 3. The number of amides is 1. The highest BCUT2D eigenvalue weighted by molar-refractivity contribution is 7.37. The lowest BCUT2D eigenvalue weighted by molar-refractivity contribution is -0.141. The van der Waals surface area contributed by atoms with Crippen molar-refractivity contribution in [3.05, 3.63) is 18.2 Å². The Hall–Kier alpha value is -1.46. The summed E-state index contributed by atoms with van der Waals surface area (Å²) in [7, 11) is 1.72. The van der Waals surface area contributed by atoms with Gasteiger partial charge in [-0.3, -0.25) is 4.79 Å². The number of aliphatic carboxylic acids is 1. The number of imidazole rings is 1. The van der Waals surface area contributed by atoms with Crippen LogP contribution in [0, 0.1) is 0 Å². The number of nitrogens with zero attached hydrogens (tertiary/aromatic N) is 2. The maximum Gasteiger partial charge on any atom is 0.326 e. The Morgan fingerprint density at radius 2 is 2.33 bits per heavy atom. The minimum atomic E-state index is -1.07. The number of nitrogens with one attached hydrogen (secondary N) is 1. The van der Waals surface area contributed by atoms with Gasteiger partial charge in [0, 0.05) is 25.4 Å². The fraction of sp³-hybridized carbons (Fsp3) is 0.500. The second-order valence-corrected chi connectivity index (χ2v) is 5.19. The van der Waals surface area contributed by atoms with Gasteiger partial charge < -0.3 is 20.5 Å². The third kappa shape index (κ3) is 3.78. The van der Waals surface area contributed by atoms with Gasteiger partial charge in [-0.2, -0.15) is 0 Å². The summed E-state index contributed by atoms with van der Waals surface area (Å²) in [4.78, 5) is 26.6. The SMILES string of the molecule is CC(PN)C(=O)NC(Cc1cncn1C)C(=O)O. The molecule has 8 heteroatoms. The minimum Gasteiger partial charge on any atom is -0.480 e. The van der Waals surface area contributed by atoms with Crippen LogP contribution in [0.2, 0.25) is 0 Å². The van der Waals surface area contributed by atoms with Gasteiger partial charge in [0.1, 0.15) is 6.04 Å². The van der Waals surface area contributed by atoms with Crippen LogP contribution >= 0.6 is 8.73 Å². The molecule has 3 unspecified atom stereocenters. The zero-order chi connectivity index (χ0) is 13.7. The molecule has 1 aromatic heterocycles. The van der Waals surface area contributed by atoms with E-state index in [1.165, 1.54) is 0 Å². The molecule has 3 atom stereocenters. The second kappa shape index (κ2) is 6.47. The van der Waals surface area contributed by atoms with E-state index in [0.717, 1.165) is 5.69 Å². The van der Waals surface area contributed by atoms with Crippen molar-refractivity contribution in [1.82, 2.24) is 14.9 Å². The lowest BCUT2D eigenvalue weighted by atomic mass is 10.1. The highest BCUT2D eigenvalue weighted by atomic mass is 31.1. The molecule has 0 saturated heterocycles. The molecule has 1 aromatic rings. The van der Waals surface area contributed by atoms with Crippen LogP contribution in [0.25, 0.3) is 0 Å². The fourth-order valence-electron chi connectivity index (χ4n) is 1.36. The molecule has 0 saturated carbocycles. The molecule has 0 spiro atoms. The van der Waals surface area contributed by atoms with Crippen molar-refractivity contribution in [2.45, 2.75) is 25.0 Å². The number of nitrogens with two attached hydrogens (primary N) is 1. The number of hydrogen-bond acceptors (Lipinski definition) is 4. The molecule has 0 bridgehead atoms. The van der Waals surface area contributed by atoms with E-state index < -0.39 is 12.0 Å². The third-order valence-electron chi connectivity index (χ3n) is 2.59. The largest absolute Gasteiger partial charge is 0.480 e. The van der Waals surface area contributed by atoms with Crippen molar-refractivity contribution in [2.24, 2.45) is 12.6 Å². The first-order valence-electron chi connectivity index (χ1n) is 5.40. The molecule has 1 heterocycles. The highest BCUT2D eigenvalue weighted by Gasteiger charge is 2.23. The van der Waals surface area contributed by atoms with Gasteiger partial charge in [-0.1, -0.05) is 0 Å². The van der Waals surface area contributed by atoms with E-state index in [1.807, 2.05) is 0 Å². The summed E-state index contributed by atoms with van der Waals surface area (Å²) in [5.41, 5.74) is 5.76. The van der Waals surface area contributed by atoms with Crippen molar-refractivity contribution in [3.63, 3.8) is 0 Å². The van der Waals surface area contributed by atoms with Crippen molar-refractivity contribution in [1.29, 1.82) is 0 Å². The Morgan fingerprint density at radius 1 is 1.67 bits per heavy atom. The molecule has 4 N–H and O–H groups in total. The number of carbonyl (C=O) groups is 2. The molecular weight excluding hydrogens is 255 g/mol. The van der Waals surface area contributed by atoms with Crippen LogP contribution in [0.15, 0.2) is 12.5 Å². The fourth-order valence-corrected chi connectivity index (χ4v) is 1.60. The van der Waals surface area contributed by atoms with Crippen molar-refractivity contribution >= 4 is 20.6 Å². The van der Waals surface area contributed by atoms with Gasteiger partial charge in [0.15, 0.2) is 0 Å². The predicted octanol–water partition coefficient (Wildman–Crippen LogP) is -0.527. The smallest absolute Gasteiger partial charge is 0.326 e. The summed E-state index contributed by atoms with van der Waals surface area (Å²) >= 11 is 0. The molecule has 1 rings (SSSR count). The molecule has 0 radical (unpaired) electrons. The summed E-state index contributed by atoms with van der Waals surface area (Å²) in [5.74, 6) is -1.41. The molecule has 7 nitrogen and oxygen atoms in total. The molecule has 0 aromatic carbocycles. The lowest BCUT2D eigenvalue weighted by Crippen LogP contribution is -2.45. The van der Waals surface area contributed by atoms with Crippen molar-refractivity contribution in [2.75, 3.05) is 0 Å². The lowest BCUT2D eigenvalue weighted by Gasteiger charge is -2.17. The van der Waals surface area contributed by atoms with E-state index in [0.29, 0.717) is 0 Å². The molecule has 100 valence electrons. The topological polar surface area (TPSA) is 110 Å². The number of aryl methyl sites for hydroxylation is 1. The van der Waals surface area contributed by atoms with E-state index >= 15 is 0 Å². The molecule has 18 heavy (non-hydrogen) atoms. The molecule has 0 fully saturated rings.